The van der Waals surface area contributed by atoms with Crippen LogP contribution in [0.4, 0.5) is 8.78 Å². The average molecular weight is 269 g/mol. The van der Waals surface area contributed by atoms with Crippen LogP contribution in [-0.4, -0.2) is 25.8 Å². The monoisotopic (exact) mass is 269 g/mol. The molecule has 4 heteroatoms. The Morgan fingerprint density at radius 1 is 1.21 bits per heavy atom. The first kappa shape index (κ1) is 14.4. The molecule has 2 nitrogen and oxygen atoms in total. The van der Waals surface area contributed by atoms with Crippen molar-refractivity contribution in [1.29, 1.82) is 0 Å². The zero-order valence-electron chi connectivity index (χ0n) is 11.3. The number of benzene rings is 1. The van der Waals surface area contributed by atoms with Gasteiger partial charge < -0.3 is 10.1 Å². The Morgan fingerprint density at radius 3 is 2.42 bits per heavy atom. The summed E-state index contributed by atoms with van der Waals surface area (Å²) in [6, 6.07) is 4.02. The number of rotatable bonds is 5. The molecule has 0 spiro atoms. The second-order valence-electron chi connectivity index (χ2n) is 5.10. The molecule has 1 unspecified atom stereocenters. The van der Waals surface area contributed by atoms with Crippen LogP contribution in [0.3, 0.4) is 0 Å². The Balaban J connectivity index is 2.06. The molecular formula is C15H21F2NO. The molecule has 0 aromatic heterocycles. The van der Waals surface area contributed by atoms with Crippen molar-refractivity contribution in [3.05, 3.63) is 35.4 Å². The Kier molecular flexibility index (Phi) is 5.28. The lowest BCUT2D eigenvalue weighted by Gasteiger charge is -2.31. The van der Waals surface area contributed by atoms with E-state index in [1.807, 2.05) is 0 Å². The van der Waals surface area contributed by atoms with Crippen LogP contribution < -0.4 is 5.32 Å². The van der Waals surface area contributed by atoms with Crippen LogP contribution in [0.2, 0.25) is 0 Å². The lowest BCUT2D eigenvalue weighted by Crippen LogP contribution is -2.40. The van der Waals surface area contributed by atoms with Crippen LogP contribution in [0, 0.1) is 17.6 Å². The van der Waals surface area contributed by atoms with Crippen molar-refractivity contribution >= 4 is 0 Å². The maximum Gasteiger partial charge on any atom is 0.126 e. The second-order valence-corrected chi connectivity index (χ2v) is 5.10. The van der Waals surface area contributed by atoms with Gasteiger partial charge in [-0.25, -0.2) is 8.78 Å². The quantitative estimate of drug-likeness (QED) is 0.887. The number of hydrogen-bond donors (Lipinski definition) is 1. The highest BCUT2D eigenvalue weighted by molar-refractivity contribution is 5.19. The van der Waals surface area contributed by atoms with Gasteiger partial charge >= 0.3 is 0 Å². The minimum Gasteiger partial charge on any atom is -0.381 e. The van der Waals surface area contributed by atoms with Crippen LogP contribution in [0.25, 0.3) is 0 Å². The molecule has 1 N–H and O–H groups in total. The van der Waals surface area contributed by atoms with Crippen molar-refractivity contribution in [3.63, 3.8) is 0 Å². The van der Waals surface area contributed by atoms with Crippen LogP contribution in [-0.2, 0) is 11.2 Å². The molecule has 1 heterocycles. The number of nitrogens with one attached hydrogen (secondary N) is 1. The summed E-state index contributed by atoms with van der Waals surface area (Å²) >= 11 is 0. The van der Waals surface area contributed by atoms with Crippen LogP contribution in [0.5, 0.6) is 0 Å². The molecule has 1 aliphatic heterocycles. The Labute approximate surface area is 113 Å². The van der Waals surface area contributed by atoms with E-state index in [1.165, 1.54) is 12.1 Å². The lowest BCUT2D eigenvalue weighted by molar-refractivity contribution is 0.0539. The topological polar surface area (TPSA) is 21.3 Å². The zero-order valence-corrected chi connectivity index (χ0v) is 11.3. The molecule has 1 aliphatic rings. The fraction of sp³-hybridized carbons (Fsp3) is 0.600. The maximum atomic E-state index is 13.2. The van der Waals surface area contributed by atoms with E-state index in [2.05, 4.69) is 12.2 Å². The molecule has 0 radical (unpaired) electrons. The van der Waals surface area contributed by atoms with Gasteiger partial charge in [-0.15, -0.1) is 0 Å². The maximum absolute atomic E-state index is 13.2. The third kappa shape index (κ3) is 4.25. The number of hydrogen-bond acceptors (Lipinski definition) is 2. The molecule has 19 heavy (non-hydrogen) atoms. The van der Waals surface area contributed by atoms with Gasteiger partial charge in [0.2, 0.25) is 0 Å². The molecule has 1 atom stereocenters. The minimum absolute atomic E-state index is 0.259. The highest BCUT2D eigenvalue weighted by Gasteiger charge is 2.23. The van der Waals surface area contributed by atoms with E-state index in [9.17, 15) is 8.78 Å². The second kappa shape index (κ2) is 6.96. The first-order chi connectivity index (χ1) is 9.19. The summed E-state index contributed by atoms with van der Waals surface area (Å²) in [5.74, 6) is -0.491. The molecule has 106 valence electrons. The predicted molar refractivity (Wildman–Crippen MR) is 71.1 cm³/mol. The fourth-order valence-corrected chi connectivity index (χ4v) is 2.77. The first-order valence-corrected chi connectivity index (χ1v) is 6.95. The van der Waals surface area contributed by atoms with Crippen molar-refractivity contribution in [2.75, 3.05) is 19.8 Å². The molecule has 0 aliphatic carbocycles. The highest BCUT2D eigenvalue weighted by atomic mass is 19.1. The van der Waals surface area contributed by atoms with E-state index < -0.39 is 11.6 Å². The third-order valence-electron chi connectivity index (χ3n) is 3.68. The van der Waals surface area contributed by atoms with Crippen molar-refractivity contribution in [2.24, 2.45) is 5.92 Å². The van der Waals surface area contributed by atoms with Gasteiger partial charge in [-0.05, 0) is 49.4 Å². The molecule has 1 aromatic carbocycles. The molecule has 1 aromatic rings. The van der Waals surface area contributed by atoms with Gasteiger partial charge in [-0.1, -0.05) is 6.92 Å². The van der Waals surface area contributed by atoms with Gasteiger partial charge in [0.1, 0.15) is 11.6 Å². The molecule has 1 saturated heterocycles. The fourth-order valence-electron chi connectivity index (χ4n) is 2.77. The summed E-state index contributed by atoms with van der Waals surface area (Å²) in [6.07, 6.45) is 2.68. The van der Waals surface area contributed by atoms with Gasteiger partial charge in [0.15, 0.2) is 0 Å². The SMILES string of the molecule is CCNC(Cc1cc(F)cc(F)c1)C1CCOCC1. The van der Waals surface area contributed by atoms with Gasteiger partial charge in [0.25, 0.3) is 0 Å². The lowest BCUT2D eigenvalue weighted by atomic mass is 9.87. The first-order valence-electron chi connectivity index (χ1n) is 6.95. The van der Waals surface area contributed by atoms with Gasteiger partial charge in [0, 0.05) is 25.3 Å². The smallest absolute Gasteiger partial charge is 0.126 e. The van der Waals surface area contributed by atoms with E-state index >= 15 is 0 Å². The molecule has 2 rings (SSSR count). The minimum atomic E-state index is -0.503. The van der Waals surface area contributed by atoms with Crippen LogP contribution in [0.1, 0.15) is 25.3 Å². The van der Waals surface area contributed by atoms with Crippen molar-refractivity contribution in [3.8, 4) is 0 Å². The van der Waals surface area contributed by atoms with Crippen LogP contribution in [0.15, 0.2) is 18.2 Å². The van der Waals surface area contributed by atoms with E-state index in [0.29, 0.717) is 12.3 Å². The van der Waals surface area contributed by atoms with Crippen molar-refractivity contribution in [1.82, 2.24) is 5.32 Å². The summed E-state index contributed by atoms with van der Waals surface area (Å²) < 4.78 is 31.8. The molecule has 0 saturated carbocycles. The van der Waals surface area contributed by atoms with Crippen molar-refractivity contribution in [2.45, 2.75) is 32.2 Å². The number of halogens is 2. The summed E-state index contributed by atoms with van der Waals surface area (Å²) in [6.45, 7) is 4.48. The van der Waals surface area contributed by atoms with Gasteiger partial charge in [-0.2, -0.15) is 0 Å². The average Bonchev–Trinajstić information content (AvgIpc) is 2.38. The van der Waals surface area contributed by atoms with Crippen molar-refractivity contribution < 1.29 is 13.5 Å². The summed E-state index contributed by atoms with van der Waals surface area (Å²) in [5, 5.41) is 3.44. The van der Waals surface area contributed by atoms with Gasteiger partial charge in [0.05, 0.1) is 0 Å². The normalized spacial score (nSPS) is 18.5. The molecule has 1 fully saturated rings. The third-order valence-corrected chi connectivity index (χ3v) is 3.68. The van der Waals surface area contributed by atoms with E-state index in [1.54, 1.807) is 0 Å². The Morgan fingerprint density at radius 2 is 1.84 bits per heavy atom. The summed E-state index contributed by atoms with van der Waals surface area (Å²) in [4.78, 5) is 0. The Hall–Kier alpha value is -1.00. The summed E-state index contributed by atoms with van der Waals surface area (Å²) in [5.41, 5.74) is 0.718. The zero-order chi connectivity index (χ0) is 13.7. The summed E-state index contributed by atoms with van der Waals surface area (Å²) in [7, 11) is 0. The van der Waals surface area contributed by atoms with E-state index in [-0.39, 0.29) is 6.04 Å². The highest BCUT2D eigenvalue weighted by Crippen LogP contribution is 2.22. The standard InChI is InChI=1S/C15H21F2NO/c1-2-18-15(12-3-5-19-6-4-12)9-11-7-13(16)10-14(17)8-11/h7-8,10,12,15,18H,2-6,9H2,1H3. The predicted octanol–water partition coefficient (Wildman–Crippen LogP) is 2.91. The number of likely N-dealkylation sites (N-methyl/N-ethyl adjacent to an activating group) is 1. The van der Waals surface area contributed by atoms with Gasteiger partial charge in [-0.3, -0.25) is 0 Å². The van der Waals surface area contributed by atoms with Crippen LogP contribution >= 0.6 is 0 Å². The van der Waals surface area contributed by atoms with E-state index in [0.717, 1.165) is 44.2 Å². The largest absolute Gasteiger partial charge is 0.381 e. The number of ether oxygens (including phenoxy) is 1. The molecular weight excluding hydrogens is 248 g/mol. The molecule has 0 bridgehead atoms. The molecule has 0 amide bonds. The Bertz CT molecular complexity index is 385. The van der Waals surface area contributed by atoms with E-state index in [4.69, 9.17) is 4.74 Å².